The quantitative estimate of drug-likeness (QED) is 0.914. The minimum absolute atomic E-state index is 0.184. The Kier molecular flexibility index (Phi) is 4.79. The third-order valence-electron chi connectivity index (χ3n) is 2.16. The van der Waals surface area contributed by atoms with Crippen LogP contribution in [0.1, 0.15) is 12.8 Å². The molecule has 0 saturated carbocycles. The SMILES string of the molecule is CC(N)CSCc1nnc(-c2ccc(Br)cc2)o1. The fourth-order valence-electron chi connectivity index (χ4n) is 1.35. The molecule has 6 heteroatoms. The van der Waals surface area contributed by atoms with Crippen molar-refractivity contribution in [3.63, 3.8) is 0 Å². The summed E-state index contributed by atoms with van der Waals surface area (Å²) >= 11 is 5.09. The average Bonchev–Trinajstić information content (AvgIpc) is 2.78. The number of nitrogens with two attached hydrogens (primary N) is 1. The van der Waals surface area contributed by atoms with E-state index in [1.807, 2.05) is 31.2 Å². The normalized spacial score (nSPS) is 12.6. The van der Waals surface area contributed by atoms with Crippen LogP contribution in [0.4, 0.5) is 0 Å². The van der Waals surface area contributed by atoms with E-state index in [1.165, 1.54) is 0 Å². The highest BCUT2D eigenvalue weighted by atomic mass is 79.9. The number of nitrogens with zero attached hydrogens (tertiary/aromatic N) is 2. The summed E-state index contributed by atoms with van der Waals surface area (Å²) in [6, 6.07) is 7.96. The number of aromatic nitrogens is 2. The molecule has 0 aliphatic carbocycles. The molecule has 1 aromatic heterocycles. The lowest BCUT2D eigenvalue weighted by molar-refractivity contribution is 0.528. The minimum Gasteiger partial charge on any atom is -0.420 e. The van der Waals surface area contributed by atoms with Gasteiger partial charge in [0.05, 0.1) is 5.75 Å². The standard InChI is InChI=1S/C12H14BrN3OS/c1-8(14)6-18-7-11-15-16-12(17-11)9-2-4-10(13)5-3-9/h2-5,8H,6-7,14H2,1H3. The van der Waals surface area contributed by atoms with E-state index in [-0.39, 0.29) is 6.04 Å². The fourth-order valence-corrected chi connectivity index (χ4v) is 2.40. The Morgan fingerprint density at radius 3 is 2.72 bits per heavy atom. The molecule has 0 bridgehead atoms. The molecule has 0 aliphatic heterocycles. The van der Waals surface area contributed by atoms with Crippen molar-refractivity contribution in [1.82, 2.24) is 10.2 Å². The van der Waals surface area contributed by atoms with Crippen LogP contribution in [0.2, 0.25) is 0 Å². The van der Waals surface area contributed by atoms with Crippen LogP contribution in [0, 0.1) is 0 Å². The topological polar surface area (TPSA) is 64.9 Å². The zero-order chi connectivity index (χ0) is 13.0. The van der Waals surface area contributed by atoms with Crippen molar-refractivity contribution in [1.29, 1.82) is 0 Å². The maximum Gasteiger partial charge on any atom is 0.247 e. The van der Waals surface area contributed by atoms with E-state index in [1.54, 1.807) is 11.8 Å². The Morgan fingerprint density at radius 1 is 1.33 bits per heavy atom. The van der Waals surface area contributed by atoms with Gasteiger partial charge in [-0.05, 0) is 31.2 Å². The summed E-state index contributed by atoms with van der Waals surface area (Å²) in [5.41, 5.74) is 6.60. The van der Waals surface area contributed by atoms with Gasteiger partial charge in [0.2, 0.25) is 11.8 Å². The number of hydrogen-bond acceptors (Lipinski definition) is 5. The Balaban J connectivity index is 1.99. The third-order valence-corrected chi connectivity index (χ3v) is 3.91. The summed E-state index contributed by atoms with van der Waals surface area (Å²) in [7, 11) is 0. The zero-order valence-electron chi connectivity index (χ0n) is 9.97. The van der Waals surface area contributed by atoms with Crippen molar-refractivity contribution in [2.45, 2.75) is 18.7 Å². The number of halogens is 1. The summed E-state index contributed by atoms with van der Waals surface area (Å²) in [5.74, 6) is 2.78. The lowest BCUT2D eigenvalue weighted by atomic mass is 10.2. The molecule has 0 spiro atoms. The molecule has 1 unspecified atom stereocenters. The van der Waals surface area contributed by atoms with Gasteiger partial charge in [0.25, 0.3) is 0 Å². The first-order valence-corrected chi connectivity index (χ1v) is 7.51. The Labute approximate surface area is 118 Å². The van der Waals surface area contributed by atoms with Gasteiger partial charge in [-0.3, -0.25) is 0 Å². The molecule has 0 saturated heterocycles. The molecule has 2 aromatic rings. The van der Waals surface area contributed by atoms with Crippen LogP contribution in [0.3, 0.4) is 0 Å². The van der Waals surface area contributed by atoms with Gasteiger partial charge in [-0.15, -0.1) is 10.2 Å². The molecule has 96 valence electrons. The van der Waals surface area contributed by atoms with E-state index >= 15 is 0 Å². The number of thioether (sulfide) groups is 1. The van der Waals surface area contributed by atoms with Gasteiger partial charge in [-0.1, -0.05) is 15.9 Å². The van der Waals surface area contributed by atoms with Crippen molar-refractivity contribution in [3.8, 4) is 11.5 Å². The summed E-state index contributed by atoms with van der Waals surface area (Å²) in [6.45, 7) is 1.98. The predicted octanol–water partition coefficient (Wildman–Crippen LogP) is 3.08. The van der Waals surface area contributed by atoms with E-state index in [2.05, 4.69) is 26.1 Å². The first-order valence-electron chi connectivity index (χ1n) is 5.57. The largest absolute Gasteiger partial charge is 0.420 e. The van der Waals surface area contributed by atoms with Gasteiger partial charge in [0, 0.05) is 21.8 Å². The number of benzene rings is 1. The lowest BCUT2D eigenvalue weighted by Crippen LogP contribution is -2.17. The van der Waals surface area contributed by atoms with Gasteiger partial charge in [0.15, 0.2) is 0 Å². The number of hydrogen-bond donors (Lipinski definition) is 1. The third kappa shape index (κ3) is 3.83. The second-order valence-electron chi connectivity index (χ2n) is 4.00. The van der Waals surface area contributed by atoms with Gasteiger partial charge in [-0.25, -0.2) is 0 Å². The zero-order valence-corrected chi connectivity index (χ0v) is 12.4. The summed E-state index contributed by atoms with van der Waals surface area (Å²) in [5, 5.41) is 8.06. The first-order chi connectivity index (χ1) is 8.65. The minimum atomic E-state index is 0.184. The van der Waals surface area contributed by atoms with Gasteiger partial charge < -0.3 is 10.2 Å². The molecule has 1 heterocycles. The first kappa shape index (κ1) is 13.6. The molecule has 2 N–H and O–H groups in total. The second kappa shape index (κ2) is 6.36. The van der Waals surface area contributed by atoms with Crippen molar-refractivity contribution in [3.05, 3.63) is 34.6 Å². The maximum absolute atomic E-state index is 5.68. The smallest absolute Gasteiger partial charge is 0.247 e. The summed E-state index contributed by atoms with van der Waals surface area (Å²) < 4.78 is 6.62. The maximum atomic E-state index is 5.68. The fraction of sp³-hybridized carbons (Fsp3) is 0.333. The van der Waals surface area contributed by atoms with Crippen LogP contribution < -0.4 is 5.73 Å². The highest BCUT2D eigenvalue weighted by Gasteiger charge is 2.08. The number of rotatable bonds is 5. The average molecular weight is 328 g/mol. The van der Waals surface area contributed by atoms with E-state index in [0.29, 0.717) is 17.5 Å². The van der Waals surface area contributed by atoms with E-state index in [0.717, 1.165) is 15.8 Å². The van der Waals surface area contributed by atoms with Crippen molar-refractivity contribution in [2.24, 2.45) is 5.73 Å². The van der Waals surface area contributed by atoms with Crippen LogP contribution >= 0.6 is 27.7 Å². The molecule has 0 fully saturated rings. The predicted molar refractivity (Wildman–Crippen MR) is 77.2 cm³/mol. The van der Waals surface area contributed by atoms with Crippen LogP contribution in [0.5, 0.6) is 0 Å². The van der Waals surface area contributed by atoms with Crippen molar-refractivity contribution >= 4 is 27.7 Å². The van der Waals surface area contributed by atoms with E-state index in [9.17, 15) is 0 Å². The Bertz CT molecular complexity index is 498. The van der Waals surface area contributed by atoms with E-state index < -0.39 is 0 Å². The van der Waals surface area contributed by atoms with Crippen molar-refractivity contribution < 1.29 is 4.42 Å². The molecule has 0 radical (unpaired) electrons. The van der Waals surface area contributed by atoms with Gasteiger partial charge in [-0.2, -0.15) is 11.8 Å². The highest BCUT2D eigenvalue weighted by molar-refractivity contribution is 9.10. The molecule has 4 nitrogen and oxygen atoms in total. The summed E-state index contributed by atoms with van der Waals surface area (Å²) in [6.07, 6.45) is 0. The van der Waals surface area contributed by atoms with Gasteiger partial charge >= 0.3 is 0 Å². The molecule has 1 atom stereocenters. The molecule has 0 aliphatic rings. The second-order valence-corrected chi connectivity index (χ2v) is 5.95. The van der Waals surface area contributed by atoms with Crippen molar-refractivity contribution in [2.75, 3.05) is 5.75 Å². The molecule has 1 aromatic carbocycles. The van der Waals surface area contributed by atoms with E-state index in [4.69, 9.17) is 10.2 Å². The van der Waals surface area contributed by atoms with Crippen LogP contribution in [0.15, 0.2) is 33.2 Å². The molecular weight excluding hydrogens is 314 g/mol. The van der Waals surface area contributed by atoms with Crippen LogP contribution in [-0.2, 0) is 5.75 Å². The van der Waals surface area contributed by atoms with Gasteiger partial charge in [0.1, 0.15) is 0 Å². The molecule has 18 heavy (non-hydrogen) atoms. The molecule has 0 amide bonds. The lowest BCUT2D eigenvalue weighted by Gasteiger charge is -2.01. The molecular formula is C12H14BrN3OS. The Morgan fingerprint density at radius 2 is 2.06 bits per heavy atom. The monoisotopic (exact) mass is 327 g/mol. The molecule has 2 rings (SSSR count). The van der Waals surface area contributed by atoms with Crippen LogP contribution in [-0.4, -0.2) is 22.0 Å². The highest BCUT2D eigenvalue weighted by Crippen LogP contribution is 2.21. The van der Waals surface area contributed by atoms with Crippen LogP contribution in [0.25, 0.3) is 11.5 Å². The Hall–Kier alpha value is -0.850. The summed E-state index contributed by atoms with van der Waals surface area (Å²) in [4.78, 5) is 0.